The lowest BCUT2D eigenvalue weighted by Crippen LogP contribution is -1.96. The van der Waals surface area contributed by atoms with Crippen LogP contribution in [0.2, 0.25) is 0 Å². The Hall–Kier alpha value is -1.14. The van der Waals surface area contributed by atoms with Crippen molar-refractivity contribution in [3.05, 3.63) is 58.7 Å². The number of hydrogen-bond donors (Lipinski definition) is 0. The Morgan fingerprint density at radius 3 is 1.36 bits per heavy atom. The Bertz CT molecular complexity index is 627. The summed E-state index contributed by atoms with van der Waals surface area (Å²) in [4.78, 5) is 0.454. The van der Waals surface area contributed by atoms with Gasteiger partial charge in [0.1, 0.15) is 23.3 Å². The van der Waals surface area contributed by atoms with Gasteiger partial charge in [-0.1, -0.05) is 13.8 Å². The molecule has 6 heteroatoms. The summed E-state index contributed by atoms with van der Waals surface area (Å²) in [7, 11) is 1.98. The van der Waals surface area contributed by atoms with Crippen LogP contribution in [0.25, 0.3) is 0 Å². The van der Waals surface area contributed by atoms with E-state index in [1.807, 2.05) is 0 Å². The summed E-state index contributed by atoms with van der Waals surface area (Å²) in [6, 6.07) is 5.04. The third kappa shape index (κ3) is 3.43. The van der Waals surface area contributed by atoms with E-state index in [0.29, 0.717) is 0 Å². The lowest BCUT2D eigenvalue weighted by Gasteiger charge is -2.09. The van der Waals surface area contributed by atoms with Crippen LogP contribution in [0.15, 0.2) is 34.1 Å². The molecule has 0 aliphatic rings. The first kappa shape index (κ1) is 17.2. The highest BCUT2D eigenvalue weighted by Gasteiger charge is 2.16. The van der Waals surface area contributed by atoms with Gasteiger partial charge in [-0.05, 0) is 58.7 Å². The summed E-state index contributed by atoms with van der Waals surface area (Å²) in [5.41, 5.74) is 0.0267. The molecule has 0 aliphatic carbocycles. The normalized spacial score (nSPS) is 11.0. The Morgan fingerprint density at radius 1 is 0.682 bits per heavy atom. The number of rotatable bonds is 5. The van der Waals surface area contributed by atoms with Gasteiger partial charge in [0.25, 0.3) is 0 Å². The predicted molar refractivity (Wildman–Crippen MR) is 83.2 cm³/mol. The summed E-state index contributed by atoms with van der Waals surface area (Å²) >= 11 is 0. The largest absolute Gasteiger partial charge is 0.207 e. The SMILES string of the molecule is CCc1c(F)ccc(SSc2ccc(F)c(CC)c2F)c1F. The van der Waals surface area contributed by atoms with Crippen LogP contribution < -0.4 is 0 Å². The minimum Gasteiger partial charge on any atom is -0.207 e. The van der Waals surface area contributed by atoms with E-state index in [1.165, 1.54) is 24.3 Å². The molecule has 0 unspecified atom stereocenters. The van der Waals surface area contributed by atoms with Gasteiger partial charge in [0.05, 0.1) is 9.79 Å². The second kappa shape index (κ2) is 7.42. The van der Waals surface area contributed by atoms with Crippen LogP contribution in [0.1, 0.15) is 25.0 Å². The van der Waals surface area contributed by atoms with Gasteiger partial charge in [0.2, 0.25) is 0 Å². The molecular formula is C16H14F4S2. The average molecular weight is 346 g/mol. The van der Waals surface area contributed by atoms with E-state index in [0.717, 1.165) is 21.6 Å². The lowest BCUT2D eigenvalue weighted by molar-refractivity contribution is 0.541. The van der Waals surface area contributed by atoms with E-state index in [2.05, 4.69) is 0 Å². The molecule has 2 aromatic rings. The lowest BCUT2D eigenvalue weighted by atomic mass is 10.1. The summed E-state index contributed by atoms with van der Waals surface area (Å²) < 4.78 is 55.1. The zero-order valence-corrected chi connectivity index (χ0v) is 13.7. The van der Waals surface area contributed by atoms with Crippen molar-refractivity contribution >= 4 is 21.6 Å². The maximum Gasteiger partial charge on any atom is 0.143 e. The van der Waals surface area contributed by atoms with Crippen molar-refractivity contribution in [1.82, 2.24) is 0 Å². The fraction of sp³-hybridized carbons (Fsp3) is 0.250. The molecule has 2 rings (SSSR count). The Morgan fingerprint density at radius 2 is 1.05 bits per heavy atom. The third-order valence-corrected chi connectivity index (χ3v) is 5.63. The van der Waals surface area contributed by atoms with Gasteiger partial charge in [-0.3, -0.25) is 0 Å². The van der Waals surface area contributed by atoms with Crippen LogP contribution in [0.3, 0.4) is 0 Å². The highest BCUT2D eigenvalue weighted by molar-refractivity contribution is 8.76. The molecule has 0 bridgehead atoms. The van der Waals surface area contributed by atoms with Crippen LogP contribution >= 0.6 is 21.6 Å². The molecule has 0 spiro atoms. The molecule has 0 radical (unpaired) electrons. The standard InChI is InChI=1S/C16H14F4S2/c1-3-9-11(17)5-7-13(15(9)19)21-22-14-8-6-12(18)10(4-2)16(14)20/h5-8H,3-4H2,1-2H3. The van der Waals surface area contributed by atoms with Crippen molar-refractivity contribution < 1.29 is 17.6 Å². The molecule has 0 atom stereocenters. The summed E-state index contributed by atoms with van der Waals surface area (Å²) in [5.74, 6) is -2.43. The molecule has 0 aliphatic heterocycles. The van der Waals surface area contributed by atoms with Crippen LogP contribution in [0.5, 0.6) is 0 Å². The second-order valence-electron chi connectivity index (χ2n) is 4.55. The molecule has 2 aromatic carbocycles. The molecular weight excluding hydrogens is 332 g/mol. The minimum absolute atomic E-state index is 0.0134. The van der Waals surface area contributed by atoms with Crippen molar-refractivity contribution in [1.29, 1.82) is 0 Å². The minimum atomic E-state index is -0.627. The first-order valence-electron chi connectivity index (χ1n) is 6.77. The van der Waals surface area contributed by atoms with Gasteiger partial charge < -0.3 is 0 Å². The van der Waals surface area contributed by atoms with Crippen LogP contribution in [0.4, 0.5) is 17.6 Å². The van der Waals surface area contributed by atoms with Gasteiger partial charge in [-0.2, -0.15) is 0 Å². The van der Waals surface area contributed by atoms with Gasteiger partial charge in [0.15, 0.2) is 0 Å². The molecule has 0 heterocycles. The van der Waals surface area contributed by atoms with Gasteiger partial charge in [-0.25, -0.2) is 17.6 Å². The number of benzene rings is 2. The summed E-state index contributed by atoms with van der Waals surface area (Å²) in [5, 5.41) is 0. The third-order valence-electron chi connectivity index (χ3n) is 3.23. The number of halogens is 4. The molecule has 0 N–H and O–H groups in total. The quantitative estimate of drug-likeness (QED) is 0.469. The van der Waals surface area contributed by atoms with Gasteiger partial charge in [-0.15, -0.1) is 0 Å². The Kier molecular flexibility index (Phi) is 5.81. The van der Waals surface area contributed by atoms with E-state index in [4.69, 9.17) is 0 Å². The van der Waals surface area contributed by atoms with Crippen molar-refractivity contribution in [3.8, 4) is 0 Å². The summed E-state index contributed by atoms with van der Waals surface area (Å²) in [6.07, 6.45) is 0.475. The molecule has 118 valence electrons. The fourth-order valence-corrected chi connectivity index (χ4v) is 4.15. The van der Waals surface area contributed by atoms with Crippen LogP contribution in [0, 0.1) is 23.3 Å². The molecule has 0 fully saturated rings. The van der Waals surface area contributed by atoms with Crippen molar-refractivity contribution in [2.75, 3.05) is 0 Å². The Balaban J connectivity index is 2.24. The monoisotopic (exact) mass is 346 g/mol. The van der Waals surface area contributed by atoms with E-state index < -0.39 is 23.3 Å². The molecule has 0 saturated carbocycles. The zero-order chi connectivity index (χ0) is 16.3. The van der Waals surface area contributed by atoms with Crippen molar-refractivity contribution in [2.24, 2.45) is 0 Å². The van der Waals surface area contributed by atoms with Gasteiger partial charge >= 0.3 is 0 Å². The highest BCUT2D eigenvalue weighted by Crippen LogP contribution is 2.41. The Labute approximate surface area is 134 Å². The van der Waals surface area contributed by atoms with E-state index in [1.54, 1.807) is 13.8 Å². The fourth-order valence-electron chi connectivity index (χ4n) is 2.02. The molecule has 22 heavy (non-hydrogen) atoms. The maximum atomic E-state index is 14.1. The molecule has 0 amide bonds. The maximum absolute atomic E-state index is 14.1. The molecule has 0 nitrogen and oxygen atoms in total. The van der Waals surface area contributed by atoms with Crippen LogP contribution in [-0.2, 0) is 12.8 Å². The van der Waals surface area contributed by atoms with Gasteiger partial charge in [0, 0.05) is 11.1 Å². The van der Waals surface area contributed by atoms with E-state index >= 15 is 0 Å². The first-order chi connectivity index (χ1) is 10.5. The smallest absolute Gasteiger partial charge is 0.143 e. The number of hydrogen-bond acceptors (Lipinski definition) is 2. The second-order valence-corrected chi connectivity index (χ2v) is 6.76. The van der Waals surface area contributed by atoms with E-state index in [-0.39, 0.29) is 33.8 Å². The first-order valence-corrected chi connectivity index (χ1v) is 8.92. The van der Waals surface area contributed by atoms with Crippen molar-refractivity contribution in [2.45, 2.75) is 36.5 Å². The van der Waals surface area contributed by atoms with E-state index in [9.17, 15) is 17.6 Å². The highest BCUT2D eigenvalue weighted by atomic mass is 33.1. The molecule has 0 aromatic heterocycles. The average Bonchev–Trinajstić information content (AvgIpc) is 2.49. The molecule has 0 saturated heterocycles. The topological polar surface area (TPSA) is 0 Å². The van der Waals surface area contributed by atoms with Crippen molar-refractivity contribution in [3.63, 3.8) is 0 Å². The summed E-state index contributed by atoms with van der Waals surface area (Å²) in [6.45, 7) is 3.33. The zero-order valence-electron chi connectivity index (χ0n) is 12.1. The predicted octanol–water partition coefficient (Wildman–Crippen LogP) is 6.17. The van der Waals surface area contributed by atoms with Crippen LogP contribution in [-0.4, -0.2) is 0 Å².